The second kappa shape index (κ2) is 10.2. The average Bonchev–Trinajstić information content (AvgIpc) is 2.62. The predicted molar refractivity (Wildman–Crippen MR) is 111 cm³/mol. The second-order valence-electron chi connectivity index (χ2n) is 6.45. The monoisotopic (exact) mass is 433 g/mol. The maximum Gasteiger partial charge on any atom is 0.225 e. The number of hydrogen-bond acceptors (Lipinski definition) is 7. The third kappa shape index (κ3) is 6.00. The van der Waals surface area contributed by atoms with E-state index in [1.54, 1.807) is 12.4 Å². The standard InChI is InChI=1S/C17H23N5O2S.2ClH/c1-22(12-13-5-3-7-18-9-13)17-20-11-15(25(2,23)24)16(21-17)14-6-4-8-19-10-14;;/h3,5,7,9,11,14,19H,4,6,8,10,12H2,1-2H3;2*1H. The van der Waals surface area contributed by atoms with Crippen LogP contribution in [-0.2, 0) is 16.4 Å². The van der Waals surface area contributed by atoms with Gasteiger partial charge in [0.2, 0.25) is 5.95 Å². The van der Waals surface area contributed by atoms with Gasteiger partial charge in [0.15, 0.2) is 9.84 Å². The molecular formula is C17H25Cl2N5O2S. The van der Waals surface area contributed by atoms with E-state index < -0.39 is 9.84 Å². The summed E-state index contributed by atoms with van der Waals surface area (Å²) in [5.74, 6) is 0.615. The molecule has 3 heterocycles. The number of aromatic nitrogens is 3. The number of nitrogens with zero attached hydrogens (tertiary/aromatic N) is 4. The number of anilines is 1. The molecule has 27 heavy (non-hydrogen) atoms. The molecule has 0 aromatic carbocycles. The minimum absolute atomic E-state index is 0. The first-order valence-electron chi connectivity index (χ1n) is 8.33. The van der Waals surface area contributed by atoms with Crippen molar-refractivity contribution in [3.63, 3.8) is 0 Å². The van der Waals surface area contributed by atoms with Crippen LogP contribution in [0.5, 0.6) is 0 Å². The molecule has 1 aliphatic rings. The summed E-state index contributed by atoms with van der Waals surface area (Å²) in [5, 5.41) is 3.32. The Morgan fingerprint density at radius 1 is 1.30 bits per heavy atom. The van der Waals surface area contributed by atoms with E-state index in [1.807, 2.05) is 24.1 Å². The molecule has 0 saturated carbocycles. The highest BCUT2D eigenvalue weighted by molar-refractivity contribution is 7.90. The lowest BCUT2D eigenvalue weighted by molar-refractivity contribution is 0.447. The van der Waals surface area contributed by atoms with Gasteiger partial charge in [-0.25, -0.2) is 18.4 Å². The van der Waals surface area contributed by atoms with Gasteiger partial charge < -0.3 is 10.2 Å². The number of halogens is 2. The third-order valence-corrected chi connectivity index (χ3v) is 5.45. The van der Waals surface area contributed by atoms with Crippen molar-refractivity contribution in [2.24, 2.45) is 0 Å². The van der Waals surface area contributed by atoms with Crippen LogP contribution < -0.4 is 10.2 Å². The van der Waals surface area contributed by atoms with E-state index >= 15 is 0 Å². The van der Waals surface area contributed by atoms with Crippen LogP contribution >= 0.6 is 24.8 Å². The summed E-state index contributed by atoms with van der Waals surface area (Å²) in [6.45, 7) is 2.31. The normalized spacial score (nSPS) is 16.7. The Morgan fingerprint density at radius 3 is 2.67 bits per heavy atom. The quantitative estimate of drug-likeness (QED) is 0.772. The summed E-state index contributed by atoms with van der Waals surface area (Å²) in [5.41, 5.74) is 1.67. The molecule has 2 aromatic rings. The largest absolute Gasteiger partial charge is 0.339 e. The van der Waals surface area contributed by atoms with Crippen LogP contribution in [0.15, 0.2) is 35.6 Å². The lowest BCUT2D eigenvalue weighted by atomic mass is 9.96. The molecule has 1 atom stereocenters. The molecule has 3 rings (SSSR count). The maximum atomic E-state index is 12.1. The molecule has 150 valence electrons. The van der Waals surface area contributed by atoms with Crippen molar-refractivity contribution in [2.75, 3.05) is 31.3 Å². The first-order chi connectivity index (χ1) is 11.9. The first kappa shape index (κ1) is 23.6. The fourth-order valence-electron chi connectivity index (χ4n) is 3.06. The molecule has 0 aliphatic carbocycles. The highest BCUT2D eigenvalue weighted by atomic mass is 35.5. The predicted octanol–water partition coefficient (Wildman–Crippen LogP) is 2.22. The van der Waals surface area contributed by atoms with E-state index in [1.165, 1.54) is 12.5 Å². The number of rotatable bonds is 5. The van der Waals surface area contributed by atoms with Crippen molar-refractivity contribution in [1.29, 1.82) is 0 Å². The number of piperidine rings is 1. The number of nitrogens with one attached hydrogen (secondary N) is 1. The Bertz CT molecular complexity index is 830. The summed E-state index contributed by atoms with van der Waals surface area (Å²) < 4.78 is 24.3. The minimum Gasteiger partial charge on any atom is -0.339 e. The van der Waals surface area contributed by atoms with Gasteiger partial charge in [0.1, 0.15) is 4.90 Å². The topological polar surface area (TPSA) is 88.1 Å². The Morgan fingerprint density at radius 2 is 2.07 bits per heavy atom. The molecule has 0 amide bonds. The van der Waals surface area contributed by atoms with E-state index in [-0.39, 0.29) is 35.6 Å². The molecule has 1 saturated heterocycles. The van der Waals surface area contributed by atoms with Crippen LogP contribution in [0.25, 0.3) is 0 Å². The molecule has 0 bridgehead atoms. The Balaban J connectivity index is 0.00000182. The van der Waals surface area contributed by atoms with Crippen LogP contribution in [-0.4, -0.2) is 49.8 Å². The van der Waals surface area contributed by atoms with Crippen molar-refractivity contribution in [3.05, 3.63) is 42.0 Å². The molecule has 1 unspecified atom stereocenters. The van der Waals surface area contributed by atoms with E-state index in [2.05, 4.69) is 20.3 Å². The SMILES string of the molecule is CN(Cc1cccnc1)c1ncc(S(C)(=O)=O)c(C2CCCNC2)n1.Cl.Cl. The first-order valence-corrected chi connectivity index (χ1v) is 10.2. The summed E-state index contributed by atoms with van der Waals surface area (Å²) in [7, 11) is -1.47. The van der Waals surface area contributed by atoms with Gasteiger partial charge in [-0.3, -0.25) is 4.98 Å². The van der Waals surface area contributed by atoms with Crippen LogP contribution in [0.2, 0.25) is 0 Å². The minimum atomic E-state index is -3.37. The van der Waals surface area contributed by atoms with Crippen LogP contribution in [0.1, 0.15) is 30.0 Å². The summed E-state index contributed by atoms with van der Waals surface area (Å²) in [4.78, 5) is 15.2. The van der Waals surface area contributed by atoms with Crippen molar-refractivity contribution in [2.45, 2.75) is 30.2 Å². The van der Waals surface area contributed by atoms with E-state index in [4.69, 9.17) is 0 Å². The Labute approximate surface area is 172 Å². The van der Waals surface area contributed by atoms with Crippen molar-refractivity contribution < 1.29 is 8.42 Å². The molecule has 7 nitrogen and oxygen atoms in total. The smallest absolute Gasteiger partial charge is 0.225 e. The molecule has 1 N–H and O–H groups in total. The number of sulfone groups is 1. The van der Waals surface area contributed by atoms with Crippen LogP contribution in [0, 0.1) is 0 Å². The van der Waals surface area contributed by atoms with Crippen molar-refractivity contribution in [1.82, 2.24) is 20.3 Å². The van der Waals surface area contributed by atoms with Crippen LogP contribution in [0.4, 0.5) is 5.95 Å². The van der Waals surface area contributed by atoms with E-state index in [0.29, 0.717) is 18.2 Å². The average molecular weight is 434 g/mol. The summed E-state index contributed by atoms with van der Waals surface area (Å²) >= 11 is 0. The lowest BCUT2D eigenvalue weighted by Gasteiger charge is -2.25. The molecular weight excluding hydrogens is 409 g/mol. The van der Waals surface area contributed by atoms with E-state index in [0.717, 1.165) is 31.5 Å². The molecule has 1 aliphatic heterocycles. The zero-order chi connectivity index (χ0) is 17.9. The van der Waals surface area contributed by atoms with Gasteiger partial charge in [0, 0.05) is 44.7 Å². The van der Waals surface area contributed by atoms with Crippen molar-refractivity contribution >= 4 is 40.6 Å². The lowest BCUT2D eigenvalue weighted by Crippen LogP contribution is -2.30. The fraction of sp³-hybridized carbons (Fsp3) is 0.471. The highest BCUT2D eigenvalue weighted by Gasteiger charge is 2.25. The molecule has 2 aromatic heterocycles. The second-order valence-corrected chi connectivity index (χ2v) is 8.44. The molecule has 0 spiro atoms. The zero-order valence-corrected chi connectivity index (χ0v) is 17.8. The number of pyridine rings is 1. The maximum absolute atomic E-state index is 12.1. The molecule has 0 radical (unpaired) electrons. The van der Waals surface area contributed by atoms with Gasteiger partial charge in [-0.2, -0.15) is 0 Å². The van der Waals surface area contributed by atoms with Gasteiger partial charge >= 0.3 is 0 Å². The van der Waals surface area contributed by atoms with E-state index in [9.17, 15) is 8.42 Å². The van der Waals surface area contributed by atoms with Gasteiger partial charge in [0.05, 0.1) is 11.9 Å². The summed E-state index contributed by atoms with van der Waals surface area (Å²) in [6, 6.07) is 3.87. The summed E-state index contributed by atoms with van der Waals surface area (Å²) in [6.07, 6.45) is 8.13. The van der Waals surface area contributed by atoms with Crippen molar-refractivity contribution in [3.8, 4) is 0 Å². The Hall–Kier alpha value is -1.48. The molecule has 1 fully saturated rings. The fourth-order valence-corrected chi connectivity index (χ4v) is 3.89. The van der Waals surface area contributed by atoms with Gasteiger partial charge in [-0.15, -0.1) is 24.8 Å². The van der Waals surface area contributed by atoms with Gasteiger partial charge in [0.25, 0.3) is 0 Å². The Kier molecular flexibility index (Phi) is 8.87. The molecule has 10 heteroatoms. The number of hydrogen-bond donors (Lipinski definition) is 1. The van der Waals surface area contributed by atoms with Gasteiger partial charge in [-0.05, 0) is 31.0 Å². The highest BCUT2D eigenvalue weighted by Crippen LogP contribution is 2.28. The van der Waals surface area contributed by atoms with Crippen LogP contribution in [0.3, 0.4) is 0 Å². The zero-order valence-electron chi connectivity index (χ0n) is 15.3. The third-order valence-electron chi connectivity index (χ3n) is 4.34. The van der Waals surface area contributed by atoms with Gasteiger partial charge in [-0.1, -0.05) is 6.07 Å².